The molecule has 0 radical (unpaired) electrons. The molecule has 2 atom stereocenters. The van der Waals surface area contributed by atoms with E-state index in [9.17, 15) is 5.11 Å². The SMILES string of the molecule is CC[C@@H](CO)NC[C@H](O)COc1ccc(C#N)cc1. The van der Waals surface area contributed by atoms with Gasteiger partial charge in [-0.3, -0.25) is 0 Å². The molecule has 1 rings (SSSR count). The smallest absolute Gasteiger partial charge is 0.119 e. The van der Waals surface area contributed by atoms with E-state index in [-0.39, 0.29) is 19.3 Å². The summed E-state index contributed by atoms with van der Waals surface area (Å²) in [5, 5.41) is 30.4. The van der Waals surface area contributed by atoms with Crippen molar-refractivity contribution < 1.29 is 14.9 Å². The van der Waals surface area contributed by atoms with Gasteiger partial charge in [0.25, 0.3) is 0 Å². The molecule has 0 saturated carbocycles. The predicted octanol–water partition coefficient (Wildman–Crippen LogP) is 0.658. The quantitative estimate of drug-likeness (QED) is 0.642. The van der Waals surface area contributed by atoms with Crippen LogP contribution in [0.15, 0.2) is 24.3 Å². The van der Waals surface area contributed by atoms with E-state index in [1.54, 1.807) is 24.3 Å². The number of ether oxygens (including phenoxy) is 1. The molecule has 1 aromatic rings. The predicted molar refractivity (Wildman–Crippen MR) is 71.8 cm³/mol. The zero-order valence-corrected chi connectivity index (χ0v) is 11.0. The summed E-state index contributed by atoms with van der Waals surface area (Å²) in [6.45, 7) is 2.56. The van der Waals surface area contributed by atoms with E-state index in [0.29, 0.717) is 17.9 Å². The van der Waals surface area contributed by atoms with Crippen LogP contribution in [0.5, 0.6) is 5.75 Å². The second-order valence-corrected chi connectivity index (χ2v) is 4.30. The average molecular weight is 264 g/mol. The molecule has 104 valence electrons. The summed E-state index contributed by atoms with van der Waals surface area (Å²) in [6, 6.07) is 8.75. The molecule has 0 aromatic heterocycles. The second-order valence-electron chi connectivity index (χ2n) is 4.30. The summed E-state index contributed by atoms with van der Waals surface area (Å²) < 4.78 is 5.40. The summed E-state index contributed by atoms with van der Waals surface area (Å²) in [5.74, 6) is 0.618. The topological polar surface area (TPSA) is 85.5 Å². The number of rotatable bonds is 8. The maximum Gasteiger partial charge on any atom is 0.119 e. The molecule has 5 heteroatoms. The largest absolute Gasteiger partial charge is 0.491 e. The number of hydrogen-bond acceptors (Lipinski definition) is 5. The number of aliphatic hydroxyl groups is 2. The zero-order valence-electron chi connectivity index (χ0n) is 11.0. The summed E-state index contributed by atoms with van der Waals surface area (Å²) in [5.41, 5.74) is 0.572. The van der Waals surface area contributed by atoms with Crippen molar-refractivity contribution in [2.45, 2.75) is 25.5 Å². The van der Waals surface area contributed by atoms with Gasteiger partial charge >= 0.3 is 0 Å². The van der Waals surface area contributed by atoms with Gasteiger partial charge < -0.3 is 20.3 Å². The zero-order chi connectivity index (χ0) is 14.1. The van der Waals surface area contributed by atoms with Gasteiger partial charge in [0.1, 0.15) is 18.5 Å². The fourth-order valence-corrected chi connectivity index (χ4v) is 1.52. The molecule has 0 fully saturated rings. The minimum Gasteiger partial charge on any atom is -0.491 e. The van der Waals surface area contributed by atoms with E-state index in [0.717, 1.165) is 6.42 Å². The van der Waals surface area contributed by atoms with Crippen LogP contribution in [-0.2, 0) is 0 Å². The Labute approximate surface area is 113 Å². The van der Waals surface area contributed by atoms with Gasteiger partial charge in [0, 0.05) is 12.6 Å². The number of aliphatic hydroxyl groups excluding tert-OH is 2. The van der Waals surface area contributed by atoms with Crippen LogP contribution in [0.4, 0.5) is 0 Å². The van der Waals surface area contributed by atoms with Crippen LogP contribution in [-0.4, -0.2) is 42.1 Å². The van der Waals surface area contributed by atoms with Crippen molar-refractivity contribution >= 4 is 0 Å². The lowest BCUT2D eigenvalue weighted by Crippen LogP contribution is -2.39. The minimum atomic E-state index is -0.642. The van der Waals surface area contributed by atoms with Crippen LogP contribution >= 0.6 is 0 Å². The highest BCUT2D eigenvalue weighted by Gasteiger charge is 2.09. The Morgan fingerprint density at radius 2 is 2.05 bits per heavy atom. The van der Waals surface area contributed by atoms with Crippen molar-refractivity contribution in [3.63, 3.8) is 0 Å². The van der Waals surface area contributed by atoms with Gasteiger partial charge in [-0.25, -0.2) is 0 Å². The molecule has 0 spiro atoms. The van der Waals surface area contributed by atoms with Crippen molar-refractivity contribution in [2.75, 3.05) is 19.8 Å². The van der Waals surface area contributed by atoms with Crippen LogP contribution in [0, 0.1) is 11.3 Å². The molecule has 0 amide bonds. The fourth-order valence-electron chi connectivity index (χ4n) is 1.52. The molecule has 0 heterocycles. The van der Waals surface area contributed by atoms with E-state index in [1.807, 2.05) is 13.0 Å². The minimum absolute atomic E-state index is 0.00422. The summed E-state index contributed by atoms with van der Waals surface area (Å²) in [6.07, 6.45) is 0.163. The third kappa shape index (κ3) is 5.71. The number of hydrogen-bond donors (Lipinski definition) is 3. The highest BCUT2D eigenvalue weighted by atomic mass is 16.5. The fraction of sp³-hybridized carbons (Fsp3) is 0.500. The lowest BCUT2D eigenvalue weighted by Gasteiger charge is -2.17. The number of benzene rings is 1. The first-order chi connectivity index (χ1) is 9.19. The Kier molecular flexibility index (Phi) is 6.90. The number of nitrogens with zero attached hydrogens (tertiary/aromatic N) is 1. The standard InChI is InChI=1S/C14H20N2O3/c1-2-12(9-17)16-8-13(18)10-19-14-5-3-11(7-15)4-6-14/h3-6,12-13,16-18H,2,8-10H2,1H3/t12-,13-/m0/s1. The molecule has 0 bridgehead atoms. The second kappa shape index (κ2) is 8.48. The monoisotopic (exact) mass is 264 g/mol. The molecule has 0 aliphatic carbocycles. The first-order valence-corrected chi connectivity index (χ1v) is 6.34. The van der Waals surface area contributed by atoms with E-state index in [2.05, 4.69) is 5.32 Å². The van der Waals surface area contributed by atoms with Crippen molar-refractivity contribution in [1.29, 1.82) is 5.26 Å². The number of nitrogens with one attached hydrogen (secondary N) is 1. The number of nitriles is 1. The molecule has 3 N–H and O–H groups in total. The van der Waals surface area contributed by atoms with Crippen molar-refractivity contribution in [3.05, 3.63) is 29.8 Å². The molecule has 0 aliphatic heterocycles. The Hall–Kier alpha value is -1.61. The Bertz CT molecular complexity index is 396. The van der Waals surface area contributed by atoms with Crippen molar-refractivity contribution in [1.82, 2.24) is 5.32 Å². The lowest BCUT2D eigenvalue weighted by atomic mass is 10.2. The van der Waals surface area contributed by atoms with E-state index in [4.69, 9.17) is 15.1 Å². The average Bonchev–Trinajstić information content (AvgIpc) is 2.46. The van der Waals surface area contributed by atoms with Gasteiger partial charge in [0.15, 0.2) is 0 Å². The van der Waals surface area contributed by atoms with Gasteiger partial charge in [-0.15, -0.1) is 0 Å². The molecular formula is C14H20N2O3. The van der Waals surface area contributed by atoms with Crippen LogP contribution in [0.2, 0.25) is 0 Å². The summed E-state index contributed by atoms with van der Waals surface area (Å²) in [7, 11) is 0. The molecule has 0 saturated heterocycles. The Morgan fingerprint density at radius 1 is 1.37 bits per heavy atom. The van der Waals surface area contributed by atoms with Gasteiger partial charge in [-0.2, -0.15) is 5.26 Å². The highest BCUT2D eigenvalue weighted by molar-refractivity contribution is 5.34. The summed E-state index contributed by atoms with van der Waals surface area (Å²) >= 11 is 0. The lowest BCUT2D eigenvalue weighted by molar-refractivity contribution is 0.0995. The molecular weight excluding hydrogens is 244 g/mol. The van der Waals surface area contributed by atoms with Crippen molar-refractivity contribution in [2.24, 2.45) is 0 Å². The first kappa shape index (κ1) is 15.4. The van der Waals surface area contributed by atoms with Crippen LogP contribution in [0.25, 0.3) is 0 Å². The van der Waals surface area contributed by atoms with Crippen molar-refractivity contribution in [3.8, 4) is 11.8 Å². The van der Waals surface area contributed by atoms with Crippen LogP contribution in [0.1, 0.15) is 18.9 Å². The van der Waals surface area contributed by atoms with E-state index in [1.165, 1.54) is 0 Å². The third-order valence-electron chi connectivity index (χ3n) is 2.78. The summed E-state index contributed by atoms with van der Waals surface area (Å²) in [4.78, 5) is 0. The molecule has 19 heavy (non-hydrogen) atoms. The van der Waals surface area contributed by atoms with E-state index < -0.39 is 6.10 Å². The maximum atomic E-state index is 9.73. The molecule has 5 nitrogen and oxygen atoms in total. The van der Waals surface area contributed by atoms with Crippen LogP contribution in [0.3, 0.4) is 0 Å². The van der Waals surface area contributed by atoms with E-state index >= 15 is 0 Å². The third-order valence-corrected chi connectivity index (χ3v) is 2.78. The Morgan fingerprint density at radius 3 is 2.58 bits per heavy atom. The molecule has 0 unspecified atom stereocenters. The normalized spacial score (nSPS) is 13.6. The van der Waals surface area contributed by atoms with Gasteiger partial charge in [0.2, 0.25) is 0 Å². The molecule has 1 aromatic carbocycles. The van der Waals surface area contributed by atoms with Gasteiger partial charge in [-0.05, 0) is 30.7 Å². The van der Waals surface area contributed by atoms with Gasteiger partial charge in [-0.1, -0.05) is 6.92 Å². The first-order valence-electron chi connectivity index (χ1n) is 6.34. The van der Waals surface area contributed by atoms with Gasteiger partial charge in [0.05, 0.1) is 18.2 Å². The maximum absolute atomic E-state index is 9.73. The molecule has 0 aliphatic rings. The van der Waals surface area contributed by atoms with Crippen LogP contribution < -0.4 is 10.1 Å². The Balaban J connectivity index is 2.29. The highest BCUT2D eigenvalue weighted by Crippen LogP contribution is 2.11.